The van der Waals surface area contributed by atoms with Crippen molar-refractivity contribution in [1.82, 2.24) is 15.3 Å². The highest BCUT2D eigenvalue weighted by Gasteiger charge is 2.01. The summed E-state index contributed by atoms with van der Waals surface area (Å²) in [4.78, 5) is 18.5. The highest BCUT2D eigenvalue weighted by molar-refractivity contribution is 5.86. The second kappa shape index (κ2) is 4.61. The van der Waals surface area contributed by atoms with Crippen LogP contribution in [0.4, 0.5) is 0 Å². The Morgan fingerprint density at radius 3 is 3.06 bits per heavy atom. The summed E-state index contributed by atoms with van der Waals surface area (Å²) in [5.74, 6) is 0.724. The molecule has 0 saturated carbocycles. The first-order chi connectivity index (χ1) is 7.79. The summed E-state index contributed by atoms with van der Waals surface area (Å²) in [6, 6.07) is 7.85. The van der Waals surface area contributed by atoms with E-state index in [-0.39, 0.29) is 5.91 Å². The molecule has 0 spiro atoms. The van der Waals surface area contributed by atoms with Crippen LogP contribution < -0.4 is 5.32 Å². The van der Waals surface area contributed by atoms with Crippen molar-refractivity contribution in [3.63, 3.8) is 0 Å². The molecule has 0 radical (unpaired) electrons. The molecule has 0 atom stereocenters. The third-order valence-electron chi connectivity index (χ3n) is 2.28. The molecule has 1 heterocycles. The van der Waals surface area contributed by atoms with Gasteiger partial charge in [-0.25, -0.2) is 4.98 Å². The zero-order chi connectivity index (χ0) is 11.4. The van der Waals surface area contributed by atoms with E-state index in [1.54, 1.807) is 0 Å². The SMILES string of the molecule is C=CC(=O)NCCc1nc2ccccc2[nH]1. The number of para-hydroxylation sites is 2. The van der Waals surface area contributed by atoms with Crippen LogP contribution in [0.2, 0.25) is 0 Å². The van der Waals surface area contributed by atoms with Crippen molar-refractivity contribution >= 4 is 16.9 Å². The Labute approximate surface area is 93.4 Å². The number of hydrogen-bond acceptors (Lipinski definition) is 2. The van der Waals surface area contributed by atoms with Crippen molar-refractivity contribution < 1.29 is 4.79 Å². The van der Waals surface area contributed by atoms with Gasteiger partial charge in [0, 0.05) is 13.0 Å². The minimum atomic E-state index is -0.156. The Morgan fingerprint density at radius 2 is 2.31 bits per heavy atom. The maximum absolute atomic E-state index is 10.9. The van der Waals surface area contributed by atoms with Gasteiger partial charge in [0.25, 0.3) is 0 Å². The molecule has 0 saturated heterocycles. The molecule has 4 nitrogen and oxygen atoms in total. The summed E-state index contributed by atoms with van der Waals surface area (Å²) < 4.78 is 0. The summed E-state index contributed by atoms with van der Waals surface area (Å²) in [5, 5.41) is 2.71. The van der Waals surface area contributed by atoms with Gasteiger partial charge in [-0.3, -0.25) is 4.79 Å². The second-order valence-electron chi connectivity index (χ2n) is 3.45. The highest BCUT2D eigenvalue weighted by atomic mass is 16.1. The number of aromatic nitrogens is 2. The Hall–Kier alpha value is -2.10. The maximum Gasteiger partial charge on any atom is 0.243 e. The predicted octanol–water partition coefficient (Wildman–Crippen LogP) is 1.41. The van der Waals surface area contributed by atoms with Crippen LogP contribution in [0.5, 0.6) is 0 Å². The lowest BCUT2D eigenvalue weighted by Crippen LogP contribution is -2.23. The quantitative estimate of drug-likeness (QED) is 0.757. The van der Waals surface area contributed by atoms with Crippen molar-refractivity contribution in [3.05, 3.63) is 42.7 Å². The molecule has 2 rings (SSSR count). The maximum atomic E-state index is 10.9. The number of fused-ring (bicyclic) bond motifs is 1. The smallest absolute Gasteiger partial charge is 0.243 e. The molecular weight excluding hydrogens is 202 g/mol. The Balaban J connectivity index is 1.99. The lowest BCUT2D eigenvalue weighted by Gasteiger charge is -1.98. The third-order valence-corrected chi connectivity index (χ3v) is 2.28. The molecular formula is C12H13N3O. The summed E-state index contributed by atoms with van der Waals surface area (Å²) in [7, 11) is 0. The molecule has 1 aromatic carbocycles. The summed E-state index contributed by atoms with van der Waals surface area (Å²) in [6.45, 7) is 3.95. The number of benzene rings is 1. The minimum Gasteiger partial charge on any atom is -0.352 e. The molecule has 4 heteroatoms. The fraction of sp³-hybridized carbons (Fsp3) is 0.167. The molecule has 0 unspecified atom stereocenters. The Kier molecular flexibility index (Phi) is 3.00. The average molecular weight is 215 g/mol. The van der Waals surface area contributed by atoms with E-state index in [4.69, 9.17) is 0 Å². The number of rotatable bonds is 4. The topological polar surface area (TPSA) is 57.8 Å². The first-order valence-corrected chi connectivity index (χ1v) is 5.13. The van der Waals surface area contributed by atoms with E-state index in [0.29, 0.717) is 13.0 Å². The van der Waals surface area contributed by atoms with Gasteiger partial charge in [-0.2, -0.15) is 0 Å². The van der Waals surface area contributed by atoms with E-state index in [0.717, 1.165) is 16.9 Å². The zero-order valence-corrected chi connectivity index (χ0v) is 8.86. The Morgan fingerprint density at radius 1 is 1.50 bits per heavy atom. The number of carbonyl (C=O) groups is 1. The lowest BCUT2D eigenvalue weighted by atomic mass is 10.3. The summed E-state index contributed by atoms with van der Waals surface area (Å²) in [6.07, 6.45) is 1.95. The fourth-order valence-electron chi connectivity index (χ4n) is 1.50. The molecule has 16 heavy (non-hydrogen) atoms. The van der Waals surface area contributed by atoms with Crippen molar-refractivity contribution in [3.8, 4) is 0 Å². The van der Waals surface area contributed by atoms with Crippen LogP contribution >= 0.6 is 0 Å². The van der Waals surface area contributed by atoms with Gasteiger partial charge in [0.05, 0.1) is 11.0 Å². The van der Waals surface area contributed by atoms with Gasteiger partial charge in [-0.05, 0) is 18.2 Å². The van der Waals surface area contributed by atoms with E-state index in [1.807, 2.05) is 24.3 Å². The molecule has 0 aliphatic heterocycles. The molecule has 2 aromatic rings. The molecule has 0 aliphatic carbocycles. The zero-order valence-electron chi connectivity index (χ0n) is 8.86. The van der Waals surface area contributed by atoms with Crippen LogP contribution in [0.25, 0.3) is 11.0 Å². The molecule has 2 N–H and O–H groups in total. The minimum absolute atomic E-state index is 0.156. The van der Waals surface area contributed by atoms with Gasteiger partial charge in [0.1, 0.15) is 5.82 Å². The van der Waals surface area contributed by atoms with Crippen LogP contribution in [-0.4, -0.2) is 22.4 Å². The lowest BCUT2D eigenvalue weighted by molar-refractivity contribution is -0.116. The van der Waals surface area contributed by atoms with E-state index < -0.39 is 0 Å². The van der Waals surface area contributed by atoms with Gasteiger partial charge in [0.15, 0.2) is 0 Å². The Bertz CT molecular complexity index is 483. The third kappa shape index (κ3) is 2.28. The standard InChI is InChI=1S/C12H13N3O/c1-2-12(16)13-8-7-11-14-9-5-3-4-6-10(9)15-11/h2-6H,1,7-8H2,(H,13,16)(H,14,15). The van der Waals surface area contributed by atoms with Crippen molar-refractivity contribution in [2.75, 3.05) is 6.54 Å². The summed E-state index contributed by atoms with van der Waals surface area (Å²) in [5.41, 5.74) is 1.97. The molecule has 0 aliphatic rings. The van der Waals surface area contributed by atoms with E-state index in [9.17, 15) is 4.79 Å². The normalized spacial score (nSPS) is 10.2. The number of nitrogens with one attached hydrogen (secondary N) is 2. The number of H-pyrrole nitrogens is 1. The van der Waals surface area contributed by atoms with Crippen LogP contribution in [0.15, 0.2) is 36.9 Å². The van der Waals surface area contributed by atoms with Gasteiger partial charge in [-0.1, -0.05) is 18.7 Å². The van der Waals surface area contributed by atoms with Crippen LogP contribution in [0.3, 0.4) is 0 Å². The van der Waals surface area contributed by atoms with Crippen molar-refractivity contribution in [1.29, 1.82) is 0 Å². The first kappa shape index (κ1) is 10.4. The van der Waals surface area contributed by atoms with Gasteiger partial charge in [0.2, 0.25) is 5.91 Å². The second-order valence-corrected chi connectivity index (χ2v) is 3.45. The fourth-order valence-corrected chi connectivity index (χ4v) is 1.50. The van der Waals surface area contributed by atoms with Gasteiger partial charge in [-0.15, -0.1) is 0 Å². The van der Waals surface area contributed by atoms with Crippen LogP contribution in [0.1, 0.15) is 5.82 Å². The van der Waals surface area contributed by atoms with Gasteiger partial charge >= 0.3 is 0 Å². The predicted molar refractivity (Wildman–Crippen MR) is 63.0 cm³/mol. The number of amides is 1. The number of nitrogens with zero attached hydrogens (tertiary/aromatic N) is 1. The van der Waals surface area contributed by atoms with Crippen LogP contribution in [-0.2, 0) is 11.2 Å². The molecule has 82 valence electrons. The number of hydrogen-bond donors (Lipinski definition) is 2. The molecule has 1 aromatic heterocycles. The molecule has 0 bridgehead atoms. The number of imidazole rings is 1. The highest BCUT2D eigenvalue weighted by Crippen LogP contribution is 2.09. The monoisotopic (exact) mass is 215 g/mol. The average Bonchev–Trinajstić information content (AvgIpc) is 2.71. The number of aromatic amines is 1. The number of carbonyl (C=O) groups excluding carboxylic acids is 1. The summed E-state index contributed by atoms with van der Waals surface area (Å²) >= 11 is 0. The largest absolute Gasteiger partial charge is 0.352 e. The first-order valence-electron chi connectivity index (χ1n) is 5.13. The van der Waals surface area contributed by atoms with E-state index in [2.05, 4.69) is 21.9 Å². The van der Waals surface area contributed by atoms with E-state index >= 15 is 0 Å². The van der Waals surface area contributed by atoms with Crippen molar-refractivity contribution in [2.45, 2.75) is 6.42 Å². The molecule has 1 amide bonds. The molecule has 0 fully saturated rings. The van der Waals surface area contributed by atoms with E-state index in [1.165, 1.54) is 6.08 Å². The van der Waals surface area contributed by atoms with Crippen LogP contribution in [0, 0.1) is 0 Å². The van der Waals surface area contributed by atoms with Gasteiger partial charge < -0.3 is 10.3 Å². The van der Waals surface area contributed by atoms with Crippen molar-refractivity contribution in [2.24, 2.45) is 0 Å².